The minimum atomic E-state index is -0.176. The van der Waals surface area contributed by atoms with Gasteiger partial charge in [0.1, 0.15) is 12.0 Å². The van der Waals surface area contributed by atoms with Gasteiger partial charge < -0.3 is 14.8 Å². The largest absolute Gasteiger partial charge is 0.350 e. The van der Waals surface area contributed by atoms with E-state index in [1.807, 2.05) is 34.9 Å². The van der Waals surface area contributed by atoms with Crippen LogP contribution >= 0.6 is 0 Å². The van der Waals surface area contributed by atoms with Crippen LogP contribution in [0.5, 0.6) is 0 Å². The number of nitrogens with one attached hydrogen (secondary N) is 1. The van der Waals surface area contributed by atoms with Crippen LogP contribution < -0.4 is 5.32 Å². The lowest BCUT2D eigenvalue weighted by Gasteiger charge is -2.10. The Morgan fingerprint density at radius 3 is 2.95 bits per heavy atom. The minimum Gasteiger partial charge on any atom is -0.350 e. The number of carbonyl (C=O) groups excluding carboxylic acids is 1. The van der Waals surface area contributed by atoms with Crippen molar-refractivity contribution in [3.05, 3.63) is 48.5 Å². The average molecular weight is 295 g/mol. The third-order valence-corrected chi connectivity index (χ3v) is 3.85. The molecule has 3 rings (SSSR count). The molecule has 1 saturated heterocycles. The minimum absolute atomic E-state index is 0.176. The third kappa shape index (κ3) is 3.09. The Morgan fingerprint density at radius 2 is 2.23 bits per heavy atom. The van der Waals surface area contributed by atoms with Gasteiger partial charge in [-0.05, 0) is 24.5 Å². The number of hydrogen-bond acceptors (Lipinski definition) is 4. The summed E-state index contributed by atoms with van der Waals surface area (Å²) in [6, 6.07) is 9.74. The summed E-state index contributed by atoms with van der Waals surface area (Å²) in [6.07, 6.45) is 6.44. The highest BCUT2D eigenvalue weighted by molar-refractivity contribution is 5.92. The molecule has 1 fully saturated rings. The highest BCUT2D eigenvalue weighted by Crippen LogP contribution is 2.14. The van der Waals surface area contributed by atoms with Crippen LogP contribution in [0.15, 0.2) is 42.9 Å². The lowest BCUT2D eigenvalue weighted by atomic mass is 10.1. The summed E-state index contributed by atoms with van der Waals surface area (Å²) in [5, 5.41) is 11.7. The zero-order chi connectivity index (χ0) is 15.4. The topological polar surface area (TPSA) is 74.0 Å². The second-order valence-corrected chi connectivity index (χ2v) is 5.41. The van der Waals surface area contributed by atoms with E-state index in [9.17, 15) is 4.79 Å². The third-order valence-electron chi connectivity index (χ3n) is 3.85. The van der Waals surface area contributed by atoms with Crippen LogP contribution in [0.2, 0.25) is 0 Å². The number of nitriles is 1. The number of hydrogen-bond donors (Lipinski definition) is 1. The summed E-state index contributed by atoms with van der Waals surface area (Å²) in [7, 11) is 0. The van der Waals surface area contributed by atoms with Crippen molar-refractivity contribution >= 4 is 5.91 Å². The molecular weight excluding hydrogens is 278 g/mol. The molecule has 112 valence electrons. The van der Waals surface area contributed by atoms with E-state index >= 15 is 0 Å². The van der Waals surface area contributed by atoms with Crippen molar-refractivity contribution in [3.63, 3.8) is 0 Å². The number of benzene rings is 1. The maximum Gasteiger partial charge on any atom is 0.271 e. The van der Waals surface area contributed by atoms with Gasteiger partial charge in [-0.2, -0.15) is 5.26 Å². The van der Waals surface area contributed by atoms with Gasteiger partial charge in [-0.15, -0.1) is 0 Å². The molecule has 6 nitrogen and oxygen atoms in total. The van der Waals surface area contributed by atoms with Gasteiger partial charge in [0.25, 0.3) is 5.91 Å². The number of carbonyl (C=O) groups is 1. The van der Waals surface area contributed by atoms with Crippen molar-refractivity contribution in [2.24, 2.45) is 5.92 Å². The number of aromatic nitrogens is 2. The number of rotatable bonds is 4. The number of imidazole rings is 1. The predicted molar refractivity (Wildman–Crippen MR) is 81.2 cm³/mol. The first kappa shape index (κ1) is 14.1. The van der Waals surface area contributed by atoms with Crippen molar-refractivity contribution in [1.82, 2.24) is 19.8 Å². The maximum absolute atomic E-state index is 12.1. The predicted octanol–water partition coefficient (Wildman–Crippen LogP) is 1.41. The Labute approximate surface area is 129 Å². The molecule has 0 bridgehead atoms. The molecule has 2 heterocycles. The van der Waals surface area contributed by atoms with Gasteiger partial charge in [0.15, 0.2) is 6.19 Å². The summed E-state index contributed by atoms with van der Waals surface area (Å²) < 4.78 is 1.82. The van der Waals surface area contributed by atoms with Crippen LogP contribution in [-0.4, -0.2) is 40.0 Å². The fraction of sp³-hybridized carbons (Fsp3) is 0.312. The fourth-order valence-corrected chi connectivity index (χ4v) is 2.60. The van der Waals surface area contributed by atoms with Crippen molar-refractivity contribution in [2.75, 3.05) is 19.6 Å². The van der Waals surface area contributed by atoms with Crippen LogP contribution in [0.1, 0.15) is 16.9 Å². The molecule has 1 aliphatic rings. The molecule has 0 radical (unpaired) electrons. The molecule has 1 amide bonds. The molecule has 0 saturated carbocycles. The first-order valence-corrected chi connectivity index (χ1v) is 7.28. The van der Waals surface area contributed by atoms with E-state index in [1.165, 1.54) is 0 Å². The van der Waals surface area contributed by atoms with E-state index in [1.54, 1.807) is 17.4 Å². The van der Waals surface area contributed by atoms with Crippen molar-refractivity contribution in [1.29, 1.82) is 5.26 Å². The second kappa shape index (κ2) is 6.31. The van der Waals surface area contributed by atoms with Gasteiger partial charge in [-0.1, -0.05) is 18.2 Å². The normalized spacial score (nSPS) is 17.2. The molecule has 22 heavy (non-hydrogen) atoms. The van der Waals surface area contributed by atoms with Crippen LogP contribution in [0.3, 0.4) is 0 Å². The molecule has 0 spiro atoms. The lowest BCUT2D eigenvalue weighted by Crippen LogP contribution is -2.30. The molecule has 2 aromatic rings. The van der Waals surface area contributed by atoms with Gasteiger partial charge >= 0.3 is 0 Å². The average Bonchev–Trinajstić information content (AvgIpc) is 3.22. The summed E-state index contributed by atoms with van der Waals surface area (Å²) >= 11 is 0. The monoisotopic (exact) mass is 295 g/mol. The highest BCUT2D eigenvalue weighted by Gasteiger charge is 2.22. The Balaban J connectivity index is 1.57. The Hall–Kier alpha value is -2.81. The molecule has 0 aliphatic carbocycles. The van der Waals surface area contributed by atoms with Crippen LogP contribution in [0.4, 0.5) is 0 Å². The van der Waals surface area contributed by atoms with Crippen molar-refractivity contribution < 1.29 is 4.79 Å². The highest BCUT2D eigenvalue weighted by atomic mass is 16.1. The fourth-order valence-electron chi connectivity index (χ4n) is 2.60. The van der Waals surface area contributed by atoms with Crippen LogP contribution in [-0.2, 0) is 0 Å². The Kier molecular flexibility index (Phi) is 4.05. The van der Waals surface area contributed by atoms with Crippen molar-refractivity contribution in [2.45, 2.75) is 6.42 Å². The quantitative estimate of drug-likeness (QED) is 0.865. The summed E-state index contributed by atoms with van der Waals surface area (Å²) in [6.45, 7) is 2.07. The number of likely N-dealkylation sites (tertiary alicyclic amines) is 1. The molecule has 6 heteroatoms. The van der Waals surface area contributed by atoms with E-state index in [0.29, 0.717) is 18.2 Å². The Bertz CT molecular complexity index is 688. The maximum atomic E-state index is 12.1. The van der Waals surface area contributed by atoms with Crippen LogP contribution in [0, 0.1) is 17.4 Å². The number of para-hydroxylation sites is 1. The molecule has 1 N–H and O–H groups in total. The zero-order valence-corrected chi connectivity index (χ0v) is 12.1. The van der Waals surface area contributed by atoms with Gasteiger partial charge in [0.2, 0.25) is 0 Å². The SMILES string of the molecule is N#CN1CCC(CNC(=O)c2cn(-c3ccccc3)cn2)C1. The summed E-state index contributed by atoms with van der Waals surface area (Å²) in [4.78, 5) is 18.0. The molecule has 1 aromatic carbocycles. The second-order valence-electron chi connectivity index (χ2n) is 5.41. The summed E-state index contributed by atoms with van der Waals surface area (Å²) in [5.41, 5.74) is 1.37. The first-order chi connectivity index (χ1) is 10.8. The first-order valence-electron chi connectivity index (χ1n) is 7.28. The van der Waals surface area contributed by atoms with Gasteiger partial charge in [-0.3, -0.25) is 4.79 Å². The van der Waals surface area contributed by atoms with Crippen LogP contribution in [0.25, 0.3) is 5.69 Å². The lowest BCUT2D eigenvalue weighted by molar-refractivity contribution is 0.0943. The van der Waals surface area contributed by atoms with E-state index in [0.717, 1.165) is 25.2 Å². The molecular formula is C16H17N5O. The molecule has 1 unspecified atom stereocenters. The molecule has 1 aliphatic heterocycles. The molecule has 1 atom stereocenters. The summed E-state index contributed by atoms with van der Waals surface area (Å²) in [5.74, 6) is 0.157. The van der Waals surface area contributed by atoms with E-state index < -0.39 is 0 Å². The number of nitrogens with zero attached hydrogens (tertiary/aromatic N) is 4. The van der Waals surface area contributed by atoms with Crippen molar-refractivity contribution in [3.8, 4) is 11.9 Å². The zero-order valence-electron chi connectivity index (χ0n) is 12.1. The van der Waals surface area contributed by atoms with E-state index in [4.69, 9.17) is 5.26 Å². The Morgan fingerprint density at radius 1 is 1.41 bits per heavy atom. The van der Waals surface area contributed by atoms with E-state index in [-0.39, 0.29) is 5.91 Å². The van der Waals surface area contributed by atoms with E-state index in [2.05, 4.69) is 16.5 Å². The number of amides is 1. The van der Waals surface area contributed by atoms with Gasteiger partial charge in [0.05, 0.1) is 0 Å². The smallest absolute Gasteiger partial charge is 0.271 e. The van der Waals surface area contributed by atoms with Gasteiger partial charge in [0, 0.05) is 31.5 Å². The molecule has 1 aromatic heterocycles. The standard InChI is InChI=1S/C16H17N5O/c17-11-20-7-6-13(9-20)8-18-16(22)15-10-21(12-19-15)14-4-2-1-3-5-14/h1-5,10,12-13H,6-9H2,(H,18,22). The van der Waals surface area contributed by atoms with Gasteiger partial charge in [-0.25, -0.2) is 4.98 Å².